The summed E-state index contributed by atoms with van der Waals surface area (Å²) in [6, 6.07) is 5.60. The zero-order valence-corrected chi connectivity index (χ0v) is 12.5. The fourth-order valence-electron chi connectivity index (χ4n) is 2.37. The third-order valence-corrected chi connectivity index (χ3v) is 4.06. The number of para-hydroxylation sites is 2. The summed E-state index contributed by atoms with van der Waals surface area (Å²) >= 11 is 0. The fraction of sp³-hybridized carbons (Fsp3) is 0.462. The van der Waals surface area contributed by atoms with Crippen molar-refractivity contribution in [2.45, 2.75) is 12.6 Å². The quantitative estimate of drug-likeness (QED) is 0.601. The van der Waals surface area contributed by atoms with Crippen molar-refractivity contribution < 1.29 is 35.0 Å². The Morgan fingerprint density at radius 2 is 1.91 bits per heavy atom. The maximum atomic E-state index is 12.7. The molecule has 0 N–H and O–H groups in total. The summed E-state index contributed by atoms with van der Waals surface area (Å²) in [6.07, 6.45) is -4.73. The maximum absolute atomic E-state index is 12.7. The van der Waals surface area contributed by atoms with Crippen molar-refractivity contribution in [2.24, 2.45) is 5.92 Å². The van der Waals surface area contributed by atoms with Gasteiger partial charge in [-0.15, -0.1) is 3.89 Å². The molecule has 0 spiro atoms. The summed E-state index contributed by atoms with van der Waals surface area (Å²) in [5, 5.41) is 0. The molecule has 1 aliphatic rings. The minimum atomic E-state index is -4.74. The molecule has 1 aromatic carbocycles. The van der Waals surface area contributed by atoms with Crippen molar-refractivity contribution >= 4 is 21.8 Å². The molecule has 1 atom stereocenters. The highest BCUT2D eigenvalue weighted by atomic mass is 32.3. The van der Waals surface area contributed by atoms with Crippen LogP contribution in [0.1, 0.15) is 6.42 Å². The van der Waals surface area contributed by atoms with Gasteiger partial charge in [0, 0.05) is 18.9 Å². The van der Waals surface area contributed by atoms with Gasteiger partial charge in [0.05, 0.1) is 11.4 Å². The number of nitrogens with zero attached hydrogens (tertiary/aromatic N) is 1. The molecule has 0 saturated carbocycles. The average molecular weight is 355 g/mol. The van der Waals surface area contributed by atoms with Gasteiger partial charge in [-0.25, -0.2) is 0 Å². The Labute approximate surface area is 130 Å². The van der Waals surface area contributed by atoms with Crippen molar-refractivity contribution in [3.05, 3.63) is 24.3 Å². The van der Waals surface area contributed by atoms with Crippen molar-refractivity contribution in [3.63, 3.8) is 0 Å². The summed E-state index contributed by atoms with van der Waals surface area (Å²) in [7, 11) is -4.74. The number of hydrogen-bond acceptors (Lipinski definition) is 4. The van der Waals surface area contributed by atoms with Crippen LogP contribution in [0.2, 0.25) is 0 Å². The number of rotatable bonds is 5. The Morgan fingerprint density at radius 1 is 1.26 bits per heavy atom. The molecule has 5 nitrogen and oxygen atoms in total. The maximum Gasteiger partial charge on any atom is 0.422 e. The molecule has 1 heterocycles. The van der Waals surface area contributed by atoms with Crippen LogP contribution in [0.5, 0.6) is 5.75 Å². The van der Waals surface area contributed by atoms with Gasteiger partial charge >= 0.3 is 16.4 Å². The van der Waals surface area contributed by atoms with E-state index in [1.807, 2.05) is 0 Å². The molecule has 1 amide bonds. The van der Waals surface area contributed by atoms with Crippen LogP contribution < -0.4 is 9.64 Å². The van der Waals surface area contributed by atoms with Crippen LogP contribution in [0.25, 0.3) is 0 Å². The van der Waals surface area contributed by atoms with Crippen molar-refractivity contribution in [2.75, 3.05) is 23.8 Å². The molecule has 1 aromatic rings. The van der Waals surface area contributed by atoms with Crippen LogP contribution in [0.3, 0.4) is 0 Å². The van der Waals surface area contributed by atoms with Gasteiger partial charge in [0.25, 0.3) is 0 Å². The standard InChI is InChI=1S/C13H13F4NO4S/c14-13(15,16)8-22-11-4-2-1-3-10(11)18-6-9(5-12(18)19)7-23(17,20)21/h1-4,9H,5-8H2. The SMILES string of the molecule is O=C1CC(CS(=O)(=O)F)CN1c1ccccc1OCC(F)(F)F. The van der Waals surface area contributed by atoms with Crippen LogP contribution in [-0.2, 0) is 15.0 Å². The lowest BCUT2D eigenvalue weighted by Crippen LogP contribution is -2.27. The van der Waals surface area contributed by atoms with E-state index in [1.54, 1.807) is 0 Å². The zero-order chi connectivity index (χ0) is 17.3. The normalized spacial score (nSPS) is 19.2. The van der Waals surface area contributed by atoms with E-state index >= 15 is 0 Å². The van der Waals surface area contributed by atoms with Crippen molar-refractivity contribution in [3.8, 4) is 5.75 Å². The molecule has 23 heavy (non-hydrogen) atoms. The molecule has 0 aliphatic carbocycles. The first-order valence-corrected chi connectivity index (χ1v) is 8.12. The first-order valence-electron chi connectivity index (χ1n) is 6.56. The third-order valence-electron chi connectivity index (χ3n) is 3.19. The van der Waals surface area contributed by atoms with Gasteiger partial charge in [-0.3, -0.25) is 4.79 Å². The predicted molar refractivity (Wildman–Crippen MR) is 73.3 cm³/mol. The van der Waals surface area contributed by atoms with E-state index in [9.17, 15) is 30.3 Å². The second-order valence-electron chi connectivity index (χ2n) is 5.15. The molecule has 0 bridgehead atoms. The summed E-state index contributed by atoms with van der Waals surface area (Å²) in [5.74, 6) is -2.21. The zero-order valence-electron chi connectivity index (χ0n) is 11.7. The molecule has 0 radical (unpaired) electrons. The Hall–Kier alpha value is -1.84. The van der Waals surface area contributed by atoms with E-state index < -0.39 is 40.6 Å². The Morgan fingerprint density at radius 3 is 2.52 bits per heavy atom. The highest BCUT2D eigenvalue weighted by Crippen LogP contribution is 2.34. The number of carbonyl (C=O) groups excluding carboxylic acids is 1. The van der Waals surface area contributed by atoms with Crippen LogP contribution in [0.15, 0.2) is 24.3 Å². The van der Waals surface area contributed by atoms with Gasteiger partial charge in [-0.2, -0.15) is 21.6 Å². The number of carbonyl (C=O) groups is 1. The number of anilines is 1. The van der Waals surface area contributed by atoms with E-state index in [0.29, 0.717) is 0 Å². The van der Waals surface area contributed by atoms with Crippen LogP contribution in [0, 0.1) is 5.92 Å². The topological polar surface area (TPSA) is 63.7 Å². The molecule has 1 fully saturated rings. The third kappa shape index (κ3) is 5.08. The molecule has 0 aromatic heterocycles. The Balaban J connectivity index is 2.17. The second-order valence-corrected chi connectivity index (χ2v) is 6.56. The summed E-state index contributed by atoms with van der Waals surface area (Å²) < 4.78 is 75.5. The first-order chi connectivity index (χ1) is 10.6. The smallest absolute Gasteiger partial charge is 0.422 e. The molecule has 10 heteroatoms. The molecule has 2 rings (SSSR count). The van der Waals surface area contributed by atoms with E-state index in [0.717, 1.165) is 4.90 Å². The molecule has 128 valence electrons. The second kappa shape index (κ2) is 6.34. The van der Waals surface area contributed by atoms with Crippen molar-refractivity contribution in [1.29, 1.82) is 0 Å². The lowest BCUT2D eigenvalue weighted by Gasteiger charge is -2.20. The van der Waals surface area contributed by atoms with Gasteiger partial charge in [0.1, 0.15) is 5.75 Å². The van der Waals surface area contributed by atoms with Gasteiger partial charge in [0.2, 0.25) is 5.91 Å². The average Bonchev–Trinajstić information content (AvgIpc) is 2.74. The lowest BCUT2D eigenvalue weighted by molar-refractivity contribution is -0.153. The Kier molecular flexibility index (Phi) is 4.83. The van der Waals surface area contributed by atoms with Gasteiger partial charge < -0.3 is 9.64 Å². The largest absolute Gasteiger partial charge is 0.482 e. The van der Waals surface area contributed by atoms with Crippen LogP contribution >= 0.6 is 0 Å². The molecule has 1 unspecified atom stereocenters. The van der Waals surface area contributed by atoms with E-state index in [4.69, 9.17) is 0 Å². The van der Waals surface area contributed by atoms with Crippen molar-refractivity contribution in [1.82, 2.24) is 0 Å². The van der Waals surface area contributed by atoms with E-state index in [2.05, 4.69) is 4.74 Å². The number of ether oxygens (including phenoxy) is 1. The Bertz CT molecular complexity index is 689. The first kappa shape index (κ1) is 17.5. The monoisotopic (exact) mass is 355 g/mol. The van der Waals surface area contributed by atoms with E-state index in [1.165, 1.54) is 24.3 Å². The summed E-state index contributed by atoms with van der Waals surface area (Å²) in [6.45, 7) is -1.62. The lowest BCUT2D eigenvalue weighted by atomic mass is 10.1. The molecular formula is C13H13F4NO4S. The number of benzene rings is 1. The summed E-state index contributed by atoms with van der Waals surface area (Å²) in [4.78, 5) is 13.1. The number of halogens is 4. The van der Waals surface area contributed by atoms with E-state index in [-0.39, 0.29) is 24.4 Å². The van der Waals surface area contributed by atoms with Crippen LogP contribution in [-0.4, -0.2) is 39.4 Å². The predicted octanol–water partition coefficient (Wildman–Crippen LogP) is 2.28. The van der Waals surface area contributed by atoms with Gasteiger partial charge in [-0.05, 0) is 12.1 Å². The minimum Gasteiger partial charge on any atom is -0.482 e. The summed E-state index contributed by atoms with van der Waals surface area (Å²) in [5.41, 5.74) is 0.0977. The highest BCUT2D eigenvalue weighted by molar-refractivity contribution is 7.86. The molecule has 1 saturated heterocycles. The minimum absolute atomic E-state index is 0.0977. The highest BCUT2D eigenvalue weighted by Gasteiger charge is 2.35. The molecular weight excluding hydrogens is 342 g/mol. The van der Waals surface area contributed by atoms with Gasteiger partial charge in [-0.1, -0.05) is 12.1 Å². The van der Waals surface area contributed by atoms with Gasteiger partial charge in [0.15, 0.2) is 6.61 Å². The fourth-order valence-corrected chi connectivity index (χ4v) is 3.16. The molecule has 1 aliphatic heterocycles. The number of amides is 1. The number of hydrogen-bond donors (Lipinski definition) is 0. The number of alkyl halides is 3. The van der Waals surface area contributed by atoms with Crippen LogP contribution in [0.4, 0.5) is 22.7 Å².